The van der Waals surface area contributed by atoms with Gasteiger partial charge >= 0.3 is 7.60 Å². The average molecular weight is 334 g/mol. The van der Waals surface area contributed by atoms with Crippen molar-refractivity contribution in [1.82, 2.24) is 4.98 Å². The van der Waals surface area contributed by atoms with E-state index in [-0.39, 0.29) is 12.2 Å². The van der Waals surface area contributed by atoms with Crippen LogP contribution in [0.15, 0.2) is 18.3 Å². The van der Waals surface area contributed by atoms with Gasteiger partial charge in [0.1, 0.15) is 6.17 Å². The molecule has 0 saturated heterocycles. The molecule has 0 radical (unpaired) electrons. The number of hydrogen-bond acceptors (Lipinski definition) is 6. The fraction of sp³-hybridized carbons (Fsp3) is 0.615. The van der Waals surface area contributed by atoms with Crippen molar-refractivity contribution in [3.8, 4) is 0 Å². The molecule has 2 rings (SSSR count). The monoisotopic (exact) mass is 333 g/mol. The summed E-state index contributed by atoms with van der Waals surface area (Å²) in [7, 11) is -3.49. The molecular weight excluding hydrogens is 313 g/mol. The predicted molar refractivity (Wildman–Crippen MR) is 85.0 cm³/mol. The average Bonchev–Trinajstić information content (AvgIpc) is 2.79. The third kappa shape index (κ3) is 3.89. The van der Waals surface area contributed by atoms with E-state index in [4.69, 9.17) is 20.6 Å². The van der Waals surface area contributed by atoms with E-state index in [1.54, 1.807) is 33.9 Å². The summed E-state index contributed by atoms with van der Waals surface area (Å²) in [6, 6.07) is 3.68. The first-order valence-electron chi connectivity index (χ1n) is 6.90. The molecule has 0 fully saturated rings. The van der Waals surface area contributed by atoms with E-state index in [9.17, 15) is 4.57 Å². The Morgan fingerprint density at radius 3 is 2.38 bits per heavy atom. The van der Waals surface area contributed by atoms with Crippen molar-refractivity contribution in [2.75, 3.05) is 10.6 Å². The first-order chi connectivity index (χ1) is 9.82. The molecule has 1 aliphatic heterocycles. The van der Waals surface area contributed by atoms with Gasteiger partial charge in [-0.2, -0.15) is 0 Å². The van der Waals surface area contributed by atoms with Gasteiger partial charge in [0.25, 0.3) is 0 Å². The zero-order chi connectivity index (χ0) is 15.6. The highest BCUT2D eigenvalue weighted by molar-refractivity contribution is 7.56. The van der Waals surface area contributed by atoms with E-state index >= 15 is 0 Å². The van der Waals surface area contributed by atoms with Crippen LogP contribution in [-0.4, -0.2) is 28.5 Å². The molecule has 6 nitrogen and oxygen atoms in total. The van der Waals surface area contributed by atoms with Crippen LogP contribution in [0.2, 0.25) is 0 Å². The highest BCUT2D eigenvalue weighted by Crippen LogP contribution is 2.58. The molecule has 1 aromatic heterocycles. The van der Waals surface area contributed by atoms with Crippen LogP contribution >= 0.6 is 19.2 Å². The number of alkyl halides is 1. The minimum absolute atomic E-state index is 0.252. The maximum atomic E-state index is 13.0. The lowest BCUT2D eigenvalue weighted by atomic mass is 10.4. The van der Waals surface area contributed by atoms with Crippen molar-refractivity contribution in [3.63, 3.8) is 0 Å². The van der Waals surface area contributed by atoms with Crippen molar-refractivity contribution in [2.24, 2.45) is 0 Å². The maximum absolute atomic E-state index is 13.0. The Bertz CT molecular complexity index is 502. The number of aromatic nitrogens is 1. The lowest BCUT2D eigenvalue weighted by molar-refractivity contribution is 0.140. The zero-order valence-corrected chi connectivity index (χ0v) is 14.2. The molecule has 0 aromatic carbocycles. The summed E-state index contributed by atoms with van der Waals surface area (Å²) in [4.78, 5) is 4.19. The van der Waals surface area contributed by atoms with Gasteiger partial charge in [0.15, 0.2) is 10.9 Å². The fourth-order valence-electron chi connectivity index (χ4n) is 2.04. The minimum atomic E-state index is -3.49. The highest BCUT2D eigenvalue weighted by atomic mass is 35.5. The second-order valence-corrected chi connectivity index (χ2v) is 8.22. The van der Waals surface area contributed by atoms with Gasteiger partial charge in [-0.05, 0) is 39.8 Å². The molecule has 0 amide bonds. The van der Waals surface area contributed by atoms with Crippen LogP contribution in [0.25, 0.3) is 0 Å². The first-order valence-corrected chi connectivity index (χ1v) is 8.95. The predicted octanol–water partition coefficient (Wildman–Crippen LogP) is 3.85. The number of rotatable bonds is 6. The van der Waals surface area contributed by atoms with E-state index in [1.165, 1.54) is 0 Å². The third-order valence-electron chi connectivity index (χ3n) is 2.70. The van der Waals surface area contributed by atoms with Gasteiger partial charge < -0.3 is 19.7 Å². The van der Waals surface area contributed by atoms with Crippen molar-refractivity contribution in [3.05, 3.63) is 18.3 Å². The molecule has 0 saturated carbocycles. The molecule has 2 heterocycles. The Morgan fingerprint density at radius 1 is 1.24 bits per heavy atom. The van der Waals surface area contributed by atoms with Gasteiger partial charge in [-0.1, -0.05) is 0 Å². The normalized spacial score (nSPS) is 19.3. The molecule has 2 unspecified atom stereocenters. The number of fused-ring (bicyclic) bond motifs is 1. The van der Waals surface area contributed by atoms with Gasteiger partial charge in [0, 0.05) is 6.20 Å². The Balaban J connectivity index is 2.16. The van der Waals surface area contributed by atoms with Gasteiger partial charge in [-0.25, -0.2) is 4.98 Å². The van der Waals surface area contributed by atoms with Gasteiger partial charge in [0.2, 0.25) is 0 Å². The molecule has 0 spiro atoms. The van der Waals surface area contributed by atoms with E-state index in [0.717, 1.165) is 5.69 Å². The molecule has 1 aliphatic rings. The van der Waals surface area contributed by atoms with Crippen LogP contribution in [0.3, 0.4) is 0 Å². The molecule has 1 aromatic rings. The Kier molecular flexibility index (Phi) is 5.15. The lowest BCUT2D eigenvalue weighted by Gasteiger charge is -2.29. The van der Waals surface area contributed by atoms with Gasteiger partial charge in [0.05, 0.1) is 17.9 Å². The van der Waals surface area contributed by atoms with Crippen LogP contribution in [0, 0.1) is 0 Å². The van der Waals surface area contributed by atoms with Gasteiger partial charge in [-0.15, -0.1) is 11.6 Å². The number of nitrogens with one attached hydrogen (secondary N) is 2. The Hall–Kier alpha value is -0.810. The lowest BCUT2D eigenvalue weighted by Crippen LogP contribution is -2.34. The molecular formula is C13H21ClN3O3P. The van der Waals surface area contributed by atoms with Crippen molar-refractivity contribution in [2.45, 2.75) is 51.2 Å². The third-order valence-corrected chi connectivity index (χ3v) is 6.01. The van der Waals surface area contributed by atoms with Crippen molar-refractivity contribution in [1.29, 1.82) is 0 Å². The number of hydrogen-bond donors (Lipinski definition) is 2. The number of anilines is 2. The minimum Gasteiger partial charge on any atom is -0.361 e. The summed E-state index contributed by atoms with van der Waals surface area (Å²) in [6.07, 6.45) is 0.698. The van der Waals surface area contributed by atoms with Gasteiger partial charge in [-0.3, -0.25) is 4.57 Å². The molecule has 2 atom stereocenters. The van der Waals surface area contributed by atoms with E-state index in [0.29, 0.717) is 5.82 Å². The second kappa shape index (κ2) is 6.53. The second-order valence-electron chi connectivity index (χ2n) is 5.39. The van der Waals surface area contributed by atoms with E-state index in [2.05, 4.69) is 15.6 Å². The molecule has 118 valence electrons. The number of pyridine rings is 1. The summed E-state index contributed by atoms with van der Waals surface area (Å²) < 4.78 is 24.0. The van der Waals surface area contributed by atoms with Crippen molar-refractivity contribution < 1.29 is 13.6 Å². The van der Waals surface area contributed by atoms with Crippen LogP contribution in [0.5, 0.6) is 0 Å². The topological polar surface area (TPSA) is 72.5 Å². The maximum Gasteiger partial charge on any atom is 0.352 e. The van der Waals surface area contributed by atoms with Crippen LogP contribution in [0.1, 0.15) is 27.7 Å². The van der Waals surface area contributed by atoms with E-state index < -0.39 is 18.9 Å². The van der Waals surface area contributed by atoms with E-state index in [1.807, 2.05) is 12.1 Å². The summed E-state index contributed by atoms with van der Waals surface area (Å²) in [5, 5.41) is 5.37. The quantitative estimate of drug-likeness (QED) is 0.608. The fourth-order valence-corrected chi connectivity index (χ4v) is 4.41. The summed E-state index contributed by atoms with van der Waals surface area (Å²) in [5.74, 6) is 0.675. The molecule has 2 N–H and O–H groups in total. The summed E-state index contributed by atoms with van der Waals surface area (Å²) in [6.45, 7) is 7.19. The van der Waals surface area contributed by atoms with Crippen molar-refractivity contribution >= 4 is 30.7 Å². The summed E-state index contributed by atoms with van der Waals surface area (Å²) >= 11 is 6.41. The van der Waals surface area contributed by atoms with Crippen LogP contribution < -0.4 is 10.6 Å². The number of halogens is 1. The Morgan fingerprint density at radius 2 is 1.86 bits per heavy atom. The SMILES string of the molecule is CC(C)OP(=O)(OC(C)C)C(Cl)C1Nc2cccnc2N1. The largest absolute Gasteiger partial charge is 0.361 e. The standard InChI is InChI=1S/C13H21ClN3O3P/c1-8(2)19-21(18,20-9(3)4)11(14)13-16-10-6-5-7-15-12(10)17-13/h5-9,11,13,16H,1-4H3,(H,15,17). The molecule has 0 bridgehead atoms. The molecule has 21 heavy (non-hydrogen) atoms. The van der Waals surface area contributed by atoms with Crippen LogP contribution in [0.4, 0.5) is 11.5 Å². The molecule has 0 aliphatic carbocycles. The Labute approximate surface area is 130 Å². The summed E-state index contributed by atoms with van der Waals surface area (Å²) in [5.41, 5.74) is 0.814. The number of nitrogens with zero attached hydrogens (tertiary/aromatic N) is 1. The first kappa shape index (κ1) is 16.6. The smallest absolute Gasteiger partial charge is 0.352 e. The zero-order valence-electron chi connectivity index (χ0n) is 12.5. The highest BCUT2D eigenvalue weighted by Gasteiger charge is 2.44. The van der Waals surface area contributed by atoms with Crippen LogP contribution in [-0.2, 0) is 13.6 Å². The molecule has 8 heteroatoms.